The van der Waals surface area contributed by atoms with E-state index in [9.17, 15) is 13.2 Å². The maximum absolute atomic E-state index is 11.6. The van der Waals surface area contributed by atoms with Crippen molar-refractivity contribution in [1.29, 1.82) is 0 Å². The quantitative estimate of drug-likeness (QED) is 0.699. The lowest BCUT2D eigenvalue weighted by Gasteiger charge is -2.21. The van der Waals surface area contributed by atoms with Gasteiger partial charge in [0.05, 0.1) is 6.26 Å². The molecular formula is C13H28N2O3S. The minimum absolute atomic E-state index is 0.0210. The van der Waals surface area contributed by atoms with Crippen molar-refractivity contribution in [3.63, 3.8) is 0 Å². The standard InChI is InChI=1S/C13H28N2O3S/c1-11(2)6-8-15(19(5,17)18)9-7-14-13(16)10-12(3)4/h11-12H,6-10H2,1-5H3,(H,14,16). The number of hydrogen-bond donors (Lipinski definition) is 1. The van der Waals surface area contributed by atoms with E-state index < -0.39 is 10.0 Å². The van der Waals surface area contributed by atoms with Gasteiger partial charge < -0.3 is 5.32 Å². The molecule has 0 saturated heterocycles. The minimum atomic E-state index is -3.20. The molecule has 19 heavy (non-hydrogen) atoms. The van der Waals surface area contributed by atoms with Crippen LogP contribution in [0.3, 0.4) is 0 Å². The van der Waals surface area contributed by atoms with Gasteiger partial charge in [-0.15, -0.1) is 0 Å². The third kappa shape index (κ3) is 9.90. The van der Waals surface area contributed by atoms with Gasteiger partial charge in [0.25, 0.3) is 0 Å². The van der Waals surface area contributed by atoms with Crippen LogP contribution < -0.4 is 5.32 Å². The Kier molecular flexibility index (Phi) is 8.25. The minimum Gasteiger partial charge on any atom is -0.355 e. The summed E-state index contributed by atoms with van der Waals surface area (Å²) in [6, 6.07) is 0. The zero-order valence-corrected chi connectivity index (χ0v) is 13.6. The van der Waals surface area contributed by atoms with E-state index in [1.165, 1.54) is 10.6 Å². The van der Waals surface area contributed by atoms with Gasteiger partial charge in [-0.2, -0.15) is 0 Å². The largest absolute Gasteiger partial charge is 0.355 e. The summed E-state index contributed by atoms with van der Waals surface area (Å²) in [6.07, 6.45) is 2.52. The number of rotatable bonds is 9. The smallest absolute Gasteiger partial charge is 0.220 e. The van der Waals surface area contributed by atoms with Gasteiger partial charge >= 0.3 is 0 Å². The van der Waals surface area contributed by atoms with Crippen LogP contribution in [0.2, 0.25) is 0 Å². The first kappa shape index (κ1) is 18.4. The molecule has 1 N–H and O–H groups in total. The average molecular weight is 292 g/mol. The van der Waals surface area contributed by atoms with Crippen LogP contribution in [0.4, 0.5) is 0 Å². The third-order valence-corrected chi connectivity index (χ3v) is 4.01. The molecule has 0 bridgehead atoms. The highest BCUT2D eigenvalue weighted by molar-refractivity contribution is 7.88. The van der Waals surface area contributed by atoms with Crippen LogP contribution in [-0.4, -0.2) is 44.5 Å². The Hall–Kier alpha value is -0.620. The van der Waals surface area contributed by atoms with E-state index in [0.29, 0.717) is 37.9 Å². The zero-order chi connectivity index (χ0) is 15.1. The fourth-order valence-corrected chi connectivity index (χ4v) is 2.47. The van der Waals surface area contributed by atoms with E-state index in [1.807, 2.05) is 13.8 Å². The normalized spacial score (nSPS) is 12.4. The maximum atomic E-state index is 11.6. The molecule has 0 aliphatic rings. The molecule has 5 nitrogen and oxygen atoms in total. The van der Waals surface area contributed by atoms with Gasteiger partial charge in [0.1, 0.15) is 0 Å². The molecule has 0 aliphatic carbocycles. The lowest BCUT2D eigenvalue weighted by molar-refractivity contribution is -0.121. The Labute approximate surface area is 117 Å². The number of nitrogens with one attached hydrogen (secondary N) is 1. The average Bonchev–Trinajstić information content (AvgIpc) is 2.19. The van der Waals surface area contributed by atoms with Crippen molar-refractivity contribution < 1.29 is 13.2 Å². The Balaban J connectivity index is 4.17. The van der Waals surface area contributed by atoms with Crippen molar-refractivity contribution in [1.82, 2.24) is 9.62 Å². The summed E-state index contributed by atoms with van der Waals surface area (Å²) in [6.45, 7) is 9.30. The maximum Gasteiger partial charge on any atom is 0.220 e. The molecule has 0 fully saturated rings. The van der Waals surface area contributed by atoms with Crippen LogP contribution in [0.1, 0.15) is 40.5 Å². The van der Waals surface area contributed by atoms with Crippen LogP contribution in [0, 0.1) is 11.8 Å². The summed E-state index contributed by atoms with van der Waals surface area (Å²) in [4.78, 5) is 11.5. The monoisotopic (exact) mass is 292 g/mol. The van der Waals surface area contributed by atoms with E-state index >= 15 is 0 Å². The fourth-order valence-electron chi connectivity index (χ4n) is 1.61. The van der Waals surface area contributed by atoms with E-state index in [-0.39, 0.29) is 5.91 Å². The van der Waals surface area contributed by atoms with E-state index in [0.717, 1.165) is 6.42 Å². The number of nitrogens with zero attached hydrogens (tertiary/aromatic N) is 1. The highest BCUT2D eigenvalue weighted by atomic mass is 32.2. The number of amides is 1. The van der Waals surface area contributed by atoms with Gasteiger partial charge in [-0.3, -0.25) is 4.79 Å². The van der Waals surface area contributed by atoms with Crippen LogP contribution in [0.25, 0.3) is 0 Å². The molecule has 0 spiro atoms. The second kappa shape index (κ2) is 8.53. The van der Waals surface area contributed by atoms with Gasteiger partial charge in [0.2, 0.25) is 15.9 Å². The summed E-state index contributed by atoms with van der Waals surface area (Å²) in [5.41, 5.74) is 0. The van der Waals surface area contributed by atoms with E-state index in [2.05, 4.69) is 19.2 Å². The topological polar surface area (TPSA) is 66.5 Å². The van der Waals surface area contributed by atoms with Gasteiger partial charge in [0.15, 0.2) is 0 Å². The molecule has 0 aromatic heterocycles. The van der Waals surface area contributed by atoms with Crippen LogP contribution >= 0.6 is 0 Å². The number of sulfonamides is 1. The summed E-state index contributed by atoms with van der Waals surface area (Å²) in [5, 5.41) is 2.76. The van der Waals surface area contributed by atoms with Crippen molar-refractivity contribution >= 4 is 15.9 Å². The molecular weight excluding hydrogens is 264 g/mol. The van der Waals surface area contributed by atoms with E-state index in [1.54, 1.807) is 0 Å². The van der Waals surface area contributed by atoms with Gasteiger partial charge in [-0.1, -0.05) is 27.7 Å². The molecule has 0 unspecified atom stereocenters. The third-order valence-electron chi connectivity index (χ3n) is 2.70. The van der Waals surface area contributed by atoms with Crippen molar-refractivity contribution in [2.75, 3.05) is 25.9 Å². The van der Waals surface area contributed by atoms with E-state index in [4.69, 9.17) is 0 Å². The molecule has 0 aromatic rings. The van der Waals surface area contributed by atoms with Crippen molar-refractivity contribution in [3.8, 4) is 0 Å². The van der Waals surface area contributed by atoms with Crippen LogP contribution in [0.15, 0.2) is 0 Å². The molecule has 0 radical (unpaired) electrons. The first-order valence-electron chi connectivity index (χ1n) is 6.84. The van der Waals surface area contributed by atoms with Gasteiger partial charge in [0, 0.05) is 26.1 Å². The Morgan fingerprint density at radius 2 is 1.68 bits per heavy atom. The second-order valence-electron chi connectivity index (χ2n) is 5.79. The van der Waals surface area contributed by atoms with Gasteiger partial charge in [-0.05, 0) is 18.3 Å². The molecule has 0 heterocycles. The van der Waals surface area contributed by atoms with Crippen molar-refractivity contribution in [2.24, 2.45) is 11.8 Å². The number of carbonyl (C=O) groups is 1. The Morgan fingerprint density at radius 1 is 1.11 bits per heavy atom. The summed E-state index contributed by atoms with van der Waals surface area (Å²) in [7, 11) is -3.20. The highest BCUT2D eigenvalue weighted by Gasteiger charge is 2.16. The lowest BCUT2D eigenvalue weighted by Crippen LogP contribution is -2.39. The first-order valence-corrected chi connectivity index (χ1v) is 8.69. The van der Waals surface area contributed by atoms with Gasteiger partial charge in [-0.25, -0.2) is 12.7 Å². The molecule has 1 amide bonds. The fraction of sp³-hybridized carbons (Fsp3) is 0.923. The van der Waals surface area contributed by atoms with Crippen LogP contribution in [-0.2, 0) is 14.8 Å². The molecule has 114 valence electrons. The second-order valence-corrected chi connectivity index (χ2v) is 7.77. The number of hydrogen-bond acceptors (Lipinski definition) is 3. The molecule has 0 atom stereocenters. The zero-order valence-electron chi connectivity index (χ0n) is 12.8. The predicted molar refractivity (Wildman–Crippen MR) is 78.3 cm³/mol. The Bertz CT molecular complexity index is 364. The van der Waals surface area contributed by atoms with Crippen molar-refractivity contribution in [3.05, 3.63) is 0 Å². The molecule has 6 heteroatoms. The first-order chi connectivity index (χ1) is 8.62. The van der Waals surface area contributed by atoms with Crippen LogP contribution in [0.5, 0.6) is 0 Å². The summed E-state index contributed by atoms with van der Waals surface area (Å²) >= 11 is 0. The molecule has 0 rings (SSSR count). The van der Waals surface area contributed by atoms with Crippen molar-refractivity contribution in [2.45, 2.75) is 40.5 Å². The summed E-state index contributed by atoms with van der Waals surface area (Å²) < 4.78 is 24.7. The lowest BCUT2D eigenvalue weighted by atomic mass is 10.1. The molecule has 0 aromatic carbocycles. The SMILES string of the molecule is CC(C)CCN(CCNC(=O)CC(C)C)S(C)(=O)=O. The summed E-state index contributed by atoms with van der Waals surface area (Å²) in [5.74, 6) is 0.749. The Morgan fingerprint density at radius 3 is 2.11 bits per heavy atom. The molecule has 0 saturated carbocycles. The highest BCUT2D eigenvalue weighted by Crippen LogP contribution is 2.05. The molecule has 0 aliphatic heterocycles. The predicted octanol–water partition coefficient (Wildman–Crippen LogP) is 1.46. The number of carbonyl (C=O) groups excluding carboxylic acids is 1.